The van der Waals surface area contributed by atoms with Crippen LogP contribution >= 0.6 is 0 Å². The molecule has 3 fully saturated rings. The summed E-state index contributed by atoms with van der Waals surface area (Å²) < 4.78 is 36.8. The maximum absolute atomic E-state index is 12.2. The lowest BCUT2D eigenvalue weighted by Gasteiger charge is -2.38. The molecule has 32 heavy (non-hydrogen) atoms. The van der Waals surface area contributed by atoms with Gasteiger partial charge in [0.2, 0.25) is 0 Å². The third-order valence-electron chi connectivity index (χ3n) is 8.43. The van der Waals surface area contributed by atoms with E-state index in [-0.39, 0.29) is 0 Å². The molecule has 3 aliphatic rings. The molecule has 2 atom stereocenters. The highest BCUT2D eigenvalue weighted by molar-refractivity contribution is 4.85. The van der Waals surface area contributed by atoms with E-state index in [0.717, 1.165) is 56.8 Å². The number of hydrogen-bond acceptors (Lipinski definition) is 2. The van der Waals surface area contributed by atoms with Crippen LogP contribution in [0.1, 0.15) is 103 Å². The molecule has 2 nitrogen and oxygen atoms in total. The van der Waals surface area contributed by atoms with Crippen LogP contribution in [0.3, 0.4) is 0 Å². The van der Waals surface area contributed by atoms with Crippen LogP contribution in [0.4, 0.5) is 8.78 Å². The summed E-state index contributed by atoms with van der Waals surface area (Å²) in [7, 11) is 0. The van der Waals surface area contributed by atoms with Crippen LogP contribution in [0.25, 0.3) is 0 Å². The molecule has 2 aliphatic carbocycles. The largest absolute Gasteiger partial charge is 0.378 e. The van der Waals surface area contributed by atoms with Gasteiger partial charge in [-0.15, -0.1) is 6.58 Å². The van der Waals surface area contributed by atoms with Crippen LogP contribution in [0.15, 0.2) is 24.8 Å². The van der Waals surface area contributed by atoms with Crippen LogP contribution in [-0.4, -0.2) is 25.4 Å². The molecule has 0 spiro atoms. The number of allylic oxidation sites excluding steroid dienone is 2. The van der Waals surface area contributed by atoms with Crippen LogP contribution in [0, 0.1) is 23.7 Å². The van der Waals surface area contributed by atoms with Gasteiger partial charge in [0.05, 0.1) is 18.8 Å². The highest BCUT2D eigenvalue weighted by Gasteiger charge is 2.31. The molecular formula is C28H46F2O2. The smallest absolute Gasteiger partial charge is 0.266 e. The quantitative estimate of drug-likeness (QED) is 0.218. The van der Waals surface area contributed by atoms with Crippen molar-refractivity contribution in [1.29, 1.82) is 0 Å². The summed E-state index contributed by atoms with van der Waals surface area (Å²) >= 11 is 0. The van der Waals surface area contributed by atoms with Crippen LogP contribution in [-0.2, 0) is 9.47 Å². The van der Waals surface area contributed by atoms with Gasteiger partial charge in [-0.3, -0.25) is 0 Å². The van der Waals surface area contributed by atoms with E-state index in [1.54, 1.807) is 0 Å². The summed E-state index contributed by atoms with van der Waals surface area (Å²) in [4.78, 5) is 0. The zero-order valence-electron chi connectivity index (χ0n) is 20.1. The van der Waals surface area contributed by atoms with Crippen molar-refractivity contribution in [2.45, 2.75) is 115 Å². The van der Waals surface area contributed by atoms with Crippen molar-refractivity contribution in [2.75, 3.05) is 13.2 Å². The average molecular weight is 453 g/mol. The van der Waals surface area contributed by atoms with Crippen LogP contribution in [0.5, 0.6) is 0 Å². The minimum atomic E-state index is -1.53. The predicted octanol–water partition coefficient (Wildman–Crippen LogP) is 8.47. The Morgan fingerprint density at radius 1 is 0.812 bits per heavy atom. The van der Waals surface area contributed by atoms with Crippen molar-refractivity contribution < 1.29 is 18.3 Å². The molecule has 0 aromatic carbocycles. The van der Waals surface area contributed by atoms with Gasteiger partial charge in [0, 0.05) is 6.61 Å². The minimum Gasteiger partial charge on any atom is -0.378 e. The van der Waals surface area contributed by atoms with E-state index in [1.807, 2.05) is 6.08 Å². The summed E-state index contributed by atoms with van der Waals surface area (Å²) in [5.74, 6) is 3.02. The third kappa shape index (κ3) is 9.25. The molecule has 0 N–H and O–H groups in total. The zero-order valence-corrected chi connectivity index (χ0v) is 20.1. The number of rotatable bonds is 12. The normalized spacial score (nSPS) is 33.6. The second kappa shape index (κ2) is 14.5. The van der Waals surface area contributed by atoms with Crippen molar-refractivity contribution in [3.63, 3.8) is 0 Å². The second-order valence-electron chi connectivity index (χ2n) is 10.7. The molecule has 4 heteroatoms. The minimum absolute atomic E-state index is 0.420. The van der Waals surface area contributed by atoms with Crippen molar-refractivity contribution >= 4 is 0 Å². The van der Waals surface area contributed by atoms with E-state index < -0.39 is 6.08 Å². The van der Waals surface area contributed by atoms with E-state index in [4.69, 9.17) is 9.47 Å². The summed E-state index contributed by atoms with van der Waals surface area (Å²) in [6.45, 7) is 5.64. The molecule has 0 aromatic rings. The first kappa shape index (κ1) is 25.9. The number of halogens is 2. The topological polar surface area (TPSA) is 18.5 Å². The van der Waals surface area contributed by atoms with Gasteiger partial charge >= 0.3 is 0 Å². The van der Waals surface area contributed by atoms with Crippen LogP contribution in [0.2, 0.25) is 0 Å². The van der Waals surface area contributed by atoms with E-state index in [1.165, 1.54) is 70.6 Å². The number of hydrogen-bond donors (Lipinski definition) is 0. The highest BCUT2D eigenvalue weighted by Crippen LogP contribution is 2.39. The van der Waals surface area contributed by atoms with Gasteiger partial charge in [-0.2, -0.15) is 8.78 Å². The van der Waals surface area contributed by atoms with Crippen molar-refractivity contribution in [3.8, 4) is 0 Å². The SMILES string of the molecule is C=CCCC1CCC(OCCCC2CCC(C3CCC(CCC=C(F)F)CC3)CO2)CC1. The van der Waals surface area contributed by atoms with E-state index in [2.05, 4.69) is 6.58 Å². The van der Waals surface area contributed by atoms with Gasteiger partial charge in [0.15, 0.2) is 0 Å². The fourth-order valence-corrected chi connectivity index (χ4v) is 6.30. The van der Waals surface area contributed by atoms with E-state index in [9.17, 15) is 8.78 Å². The molecular weight excluding hydrogens is 406 g/mol. The molecule has 0 radical (unpaired) electrons. The summed E-state index contributed by atoms with van der Waals surface area (Å²) in [5.41, 5.74) is 0. The van der Waals surface area contributed by atoms with Crippen molar-refractivity contribution in [1.82, 2.24) is 0 Å². The monoisotopic (exact) mass is 452 g/mol. The van der Waals surface area contributed by atoms with Crippen molar-refractivity contribution in [3.05, 3.63) is 24.8 Å². The lowest BCUT2D eigenvalue weighted by Crippen LogP contribution is -2.32. The first-order chi connectivity index (χ1) is 15.6. The van der Waals surface area contributed by atoms with E-state index in [0.29, 0.717) is 30.5 Å². The Hall–Kier alpha value is -0.740. The molecule has 1 aliphatic heterocycles. The lowest BCUT2D eigenvalue weighted by atomic mass is 9.73. The summed E-state index contributed by atoms with van der Waals surface area (Å²) in [6, 6.07) is 0. The molecule has 3 rings (SSSR count). The zero-order chi connectivity index (χ0) is 22.6. The summed E-state index contributed by atoms with van der Waals surface area (Å²) in [6.07, 6.45) is 21.2. The maximum Gasteiger partial charge on any atom is 0.266 e. The molecule has 184 valence electrons. The standard InChI is InChI=1S/C28H46F2O2/c1-2-3-6-22-12-17-27(18-13-22)31-20-5-8-26-19-16-25(21-32-26)24-14-10-23(11-15-24)7-4-9-28(29)30/h2,9,22-27H,1,3-8,10-21H2. The van der Waals surface area contributed by atoms with Gasteiger partial charge in [-0.05, 0) is 120 Å². The van der Waals surface area contributed by atoms with E-state index >= 15 is 0 Å². The highest BCUT2D eigenvalue weighted by atomic mass is 19.3. The fraction of sp³-hybridized carbons (Fsp3) is 0.857. The van der Waals surface area contributed by atoms with Gasteiger partial charge in [0.25, 0.3) is 6.08 Å². The third-order valence-corrected chi connectivity index (χ3v) is 8.43. The molecule has 2 unspecified atom stereocenters. The Balaban J connectivity index is 1.20. The Morgan fingerprint density at radius 3 is 2.09 bits per heavy atom. The molecule has 2 saturated carbocycles. The summed E-state index contributed by atoms with van der Waals surface area (Å²) in [5, 5.41) is 0. The number of ether oxygens (including phenoxy) is 2. The van der Waals surface area contributed by atoms with Gasteiger partial charge in [0.1, 0.15) is 0 Å². The molecule has 1 saturated heterocycles. The van der Waals surface area contributed by atoms with Gasteiger partial charge in [-0.1, -0.05) is 18.9 Å². The van der Waals surface area contributed by atoms with Crippen molar-refractivity contribution in [2.24, 2.45) is 23.7 Å². The predicted molar refractivity (Wildman–Crippen MR) is 128 cm³/mol. The Kier molecular flexibility index (Phi) is 11.7. The Bertz CT molecular complexity index is 536. The first-order valence-corrected chi connectivity index (χ1v) is 13.5. The average Bonchev–Trinajstić information content (AvgIpc) is 2.82. The maximum atomic E-state index is 12.2. The molecule has 1 heterocycles. The first-order valence-electron chi connectivity index (χ1n) is 13.5. The molecule has 0 aromatic heterocycles. The molecule has 0 bridgehead atoms. The molecule has 0 amide bonds. The fourth-order valence-electron chi connectivity index (χ4n) is 6.30. The van der Waals surface area contributed by atoms with Crippen LogP contribution < -0.4 is 0 Å². The Morgan fingerprint density at radius 2 is 1.47 bits per heavy atom. The Labute approximate surface area is 195 Å². The lowest BCUT2D eigenvalue weighted by molar-refractivity contribution is -0.0487. The van der Waals surface area contributed by atoms with Gasteiger partial charge in [-0.25, -0.2) is 0 Å². The van der Waals surface area contributed by atoms with Gasteiger partial charge < -0.3 is 9.47 Å². The second-order valence-corrected chi connectivity index (χ2v) is 10.7.